The van der Waals surface area contributed by atoms with Gasteiger partial charge in [0.25, 0.3) is 0 Å². The number of morpholine rings is 1. The molecule has 2 atom stereocenters. The van der Waals surface area contributed by atoms with Gasteiger partial charge < -0.3 is 19.8 Å². The molecule has 1 aromatic heterocycles. The summed E-state index contributed by atoms with van der Waals surface area (Å²) < 4.78 is 13.3. The maximum absolute atomic E-state index is 11.5. The number of likely N-dealkylation sites (tertiary alicyclic amines) is 1. The topological polar surface area (TPSA) is 73.0 Å². The van der Waals surface area contributed by atoms with Crippen LogP contribution in [0.25, 0.3) is 10.9 Å². The number of carbonyl (C=O) groups excluding carboxylic acids is 1. The van der Waals surface area contributed by atoms with E-state index in [9.17, 15) is 4.79 Å². The zero-order valence-corrected chi connectivity index (χ0v) is 18.3. The smallest absolute Gasteiger partial charge is 0.237 e. The molecule has 164 valence electrons. The molecule has 3 heterocycles. The summed E-state index contributed by atoms with van der Waals surface area (Å²) in [6.45, 7) is 9.65. The minimum absolute atomic E-state index is 0.193. The molecule has 0 aliphatic carbocycles. The number of methoxy groups -OCH3 is 1. The van der Waals surface area contributed by atoms with Crippen LogP contribution in [0.3, 0.4) is 0 Å². The Bertz CT molecular complexity index is 878. The number of ether oxygens (including phenoxy) is 2. The highest BCUT2D eigenvalue weighted by molar-refractivity contribution is 5.87. The van der Waals surface area contributed by atoms with Crippen molar-refractivity contribution in [3.05, 3.63) is 30.0 Å². The fourth-order valence-corrected chi connectivity index (χ4v) is 5.10. The molecule has 2 N–H and O–H groups in total. The van der Waals surface area contributed by atoms with Gasteiger partial charge >= 0.3 is 0 Å². The third-order valence-electron chi connectivity index (χ3n) is 6.41. The summed E-state index contributed by atoms with van der Waals surface area (Å²) in [5.74, 6) is 0.499. The molecule has 1 amide bonds. The van der Waals surface area contributed by atoms with Gasteiger partial charge in [-0.2, -0.15) is 0 Å². The Labute approximate surface area is 178 Å². The Kier molecular flexibility index (Phi) is 6.32. The minimum atomic E-state index is -0.330. The number of aromatic nitrogens is 1. The van der Waals surface area contributed by atoms with Crippen LogP contribution in [-0.2, 0) is 22.6 Å². The molecule has 2 aliphatic rings. The van der Waals surface area contributed by atoms with Crippen molar-refractivity contribution in [2.45, 2.75) is 58.0 Å². The molecule has 2 aliphatic heterocycles. The third-order valence-corrected chi connectivity index (χ3v) is 6.41. The van der Waals surface area contributed by atoms with Crippen molar-refractivity contribution in [2.24, 2.45) is 5.73 Å². The molecule has 0 bridgehead atoms. The van der Waals surface area contributed by atoms with Gasteiger partial charge in [0, 0.05) is 42.8 Å². The van der Waals surface area contributed by atoms with Gasteiger partial charge in [-0.3, -0.25) is 14.6 Å². The molecule has 2 fully saturated rings. The average Bonchev–Trinajstić information content (AvgIpc) is 3.03. The lowest BCUT2D eigenvalue weighted by atomic mass is 10.0. The predicted molar refractivity (Wildman–Crippen MR) is 118 cm³/mol. The van der Waals surface area contributed by atoms with E-state index in [4.69, 9.17) is 15.2 Å². The normalized spacial score (nSPS) is 24.4. The van der Waals surface area contributed by atoms with Crippen LogP contribution in [0, 0.1) is 0 Å². The second-order valence-electron chi connectivity index (χ2n) is 8.85. The van der Waals surface area contributed by atoms with Crippen LogP contribution >= 0.6 is 0 Å². The lowest BCUT2D eigenvalue weighted by Gasteiger charge is -2.43. The molecule has 1 aromatic carbocycles. The Morgan fingerprint density at radius 3 is 2.53 bits per heavy atom. The Balaban J connectivity index is 1.45. The highest BCUT2D eigenvalue weighted by Crippen LogP contribution is 2.29. The third kappa shape index (κ3) is 4.63. The van der Waals surface area contributed by atoms with Gasteiger partial charge in [-0.05, 0) is 63.5 Å². The first-order chi connectivity index (χ1) is 14.4. The van der Waals surface area contributed by atoms with Gasteiger partial charge in [0.15, 0.2) is 0 Å². The van der Waals surface area contributed by atoms with E-state index in [0.29, 0.717) is 18.2 Å². The van der Waals surface area contributed by atoms with Gasteiger partial charge in [-0.1, -0.05) is 0 Å². The number of nitrogens with zero attached hydrogens (tertiary/aromatic N) is 3. The quantitative estimate of drug-likeness (QED) is 0.785. The Hall–Kier alpha value is -2.09. The first-order valence-corrected chi connectivity index (χ1v) is 11.0. The van der Waals surface area contributed by atoms with E-state index in [-0.39, 0.29) is 12.5 Å². The number of piperidine rings is 1. The lowest BCUT2D eigenvalue weighted by Crippen LogP contribution is -2.53. The van der Waals surface area contributed by atoms with Gasteiger partial charge in [-0.25, -0.2) is 0 Å². The summed E-state index contributed by atoms with van der Waals surface area (Å²) in [6, 6.07) is 6.64. The fraction of sp³-hybridized carbons (Fsp3) is 0.609. The first-order valence-electron chi connectivity index (χ1n) is 11.0. The van der Waals surface area contributed by atoms with Crippen LogP contribution in [0.4, 0.5) is 0 Å². The van der Waals surface area contributed by atoms with E-state index >= 15 is 0 Å². The van der Waals surface area contributed by atoms with E-state index in [1.165, 1.54) is 18.4 Å². The van der Waals surface area contributed by atoms with Crippen LogP contribution in [-0.4, -0.2) is 71.8 Å². The molecule has 2 saturated heterocycles. The number of carbonyl (C=O) groups is 1. The van der Waals surface area contributed by atoms with Crippen molar-refractivity contribution >= 4 is 16.8 Å². The van der Waals surface area contributed by atoms with Crippen molar-refractivity contribution in [3.8, 4) is 5.75 Å². The van der Waals surface area contributed by atoms with E-state index in [2.05, 4.69) is 35.9 Å². The summed E-state index contributed by atoms with van der Waals surface area (Å²) in [5.41, 5.74) is 7.71. The van der Waals surface area contributed by atoms with E-state index in [1.807, 2.05) is 16.7 Å². The van der Waals surface area contributed by atoms with Crippen molar-refractivity contribution in [3.63, 3.8) is 0 Å². The van der Waals surface area contributed by atoms with Crippen LogP contribution in [0.2, 0.25) is 0 Å². The van der Waals surface area contributed by atoms with Crippen LogP contribution < -0.4 is 10.5 Å². The van der Waals surface area contributed by atoms with Crippen LogP contribution in [0.5, 0.6) is 5.75 Å². The van der Waals surface area contributed by atoms with Gasteiger partial charge in [0.2, 0.25) is 5.91 Å². The number of benzene rings is 1. The zero-order chi connectivity index (χ0) is 21.3. The van der Waals surface area contributed by atoms with Crippen molar-refractivity contribution in [1.29, 1.82) is 0 Å². The Morgan fingerprint density at radius 2 is 1.90 bits per heavy atom. The maximum atomic E-state index is 11.5. The van der Waals surface area contributed by atoms with Crippen molar-refractivity contribution < 1.29 is 14.3 Å². The molecular formula is C23H34N4O3. The number of amides is 1. The predicted octanol–water partition coefficient (Wildman–Crippen LogP) is 2.21. The standard InChI is InChI=1S/C23H34N4O3/c1-16-11-26(12-17(2)30-16)19-6-8-25(9-7-19)13-18-14-27(15-23(24)28)22-5-4-20(29-3)10-21(18)22/h4-5,10,14,16-17,19H,6-9,11-13,15H2,1-3H3,(H2,24,28)/t16-,17-/m1/s1. The molecule has 7 heteroatoms. The number of fused-ring (bicyclic) bond motifs is 1. The SMILES string of the molecule is COc1ccc2c(c1)c(CN1CCC(N3C[C@@H](C)O[C@H](C)C3)CC1)cn2CC(N)=O. The Morgan fingerprint density at radius 1 is 1.20 bits per heavy atom. The molecule has 0 radical (unpaired) electrons. The van der Waals surface area contributed by atoms with E-state index in [0.717, 1.165) is 49.4 Å². The molecule has 2 aromatic rings. The van der Waals surface area contributed by atoms with Crippen molar-refractivity contribution in [2.75, 3.05) is 33.3 Å². The number of nitrogens with two attached hydrogens (primary N) is 1. The number of hydrogen-bond acceptors (Lipinski definition) is 5. The minimum Gasteiger partial charge on any atom is -0.497 e. The molecule has 30 heavy (non-hydrogen) atoms. The molecule has 0 saturated carbocycles. The fourth-order valence-electron chi connectivity index (χ4n) is 5.10. The second-order valence-corrected chi connectivity index (χ2v) is 8.85. The lowest BCUT2D eigenvalue weighted by molar-refractivity contribution is -0.118. The largest absolute Gasteiger partial charge is 0.497 e. The monoisotopic (exact) mass is 414 g/mol. The summed E-state index contributed by atoms with van der Waals surface area (Å²) in [5, 5.41) is 1.13. The summed E-state index contributed by atoms with van der Waals surface area (Å²) in [6.07, 6.45) is 5.08. The molecule has 0 unspecified atom stereocenters. The van der Waals surface area contributed by atoms with Crippen molar-refractivity contribution in [1.82, 2.24) is 14.4 Å². The molecular weight excluding hydrogens is 380 g/mol. The van der Waals surface area contributed by atoms with Crippen LogP contribution in [0.1, 0.15) is 32.3 Å². The average molecular weight is 415 g/mol. The van der Waals surface area contributed by atoms with Gasteiger partial charge in [0.05, 0.1) is 19.3 Å². The summed E-state index contributed by atoms with van der Waals surface area (Å²) >= 11 is 0. The highest BCUT2D eigenvalue weighted by atomic mass is 16.5. The highest BCUT2D eigenvalue weighted by Gasteiger charge is 2.30. The van der Waals surface area contributed by atoms with Crippen LogP contribution in [0.15, 0.2) is 24.4 Å². The number of hydrogen-bond donors (Lipinski definition) is 1. The van der Waals surface area contributed by atoms with E-state index in [1.54, 1.807) is 7.11 Å². The second kappa shape index (κ2) is 8.96. The molecule has 0 spiro atoms. The first kappa shape index (κ1) is 21.2. The molecule has 7 nitrogen and oxygen atoms in total. The summed E-state index contributed by atoms with van der Waals surface area (Å²) in [7, 11) is 1.68. The van der Waals surface area contributed by atoms with E-state index < -0.39 is 0 Å². The van der Waals surface area contributed by atoms with Gasteiger partial charge in [-0.15, -0.1) is 0 Å². The molecule has 4 rings (SSSR count). The van der Waals surface area contributed by atoms with Gasteiger partial charge in [0.1, 0.15) is 12.3 Å². The maximum Gasteiger partial charge on any atom is 0.237 e. The summed E-state index contributed by atoms with van der Waals surface area (Å²) in [4.78, 5) is 16.7. The number of primary amides is 1. The zero-order valence-electron chi connectivity index (χ0n) is 18.3. The number of rotatable bonds is 6.